The van der Waals surface area contributed by atoms with E-state index in [2.05, 4.69) is 10.3 Å². The molecule has 1 N–H and O–H groups in total. The first-order valence-corrected chi connectivity index (χ1v) is 6.89. The van der Waals surface area contributed by atoms with Crippen molar-refractivity contribution in [3.05, 3.63) is 65.2 Å². The van der Waals surface area contributed by atoms with E-state index in [0.29, 0.717) is 19.4 Å². The summed E-state index contributed by atoms with van der Waals surface area (Å²) in [6.07, 6.45) is 4.66. The molecular formula is C16H17F3N2. The molecule has 0 aliphatic heterocycles. The van der Waals surface area contributed by atoms with E-state index >= 15 is 0 Å². The molecule has 112 valence electrons. The highest BCUT2D eigenvalue weighted by molar-refractivity contribution is 5.24. The van der Waals surface area contributed by atoms with Gasteiger partial charge >= 0.3 is 0 Å². The molecule has 1 aromatic carbocycles. The van der Waals surface area contributed by atoms with Gasteiger partial charge in [0.25, 0.3) is 0 Å². The van der Waals surface area contributed by atoms with Crippen LogP contribution in [-0.2, 0) is 6.42 Å². The molecule has 2 nitrogen and oxygen atoms in total. The molecule has 0 radical (unpaired) electrons. The van der Waals surface area contributed by atoms with Gasteiger partial charge < -0.3 is 5.32 Å². The normalized spacial score (nSPS) is 12.4. The van der Waals surface area contributed by atoms with Crippen LogP contribution in [-0.4, -0.2) is 11.5 Å². The topological polar surface area (TPSA) is 24.9 Å². The van der Waals surface area contributed by atoms with Crippen molar-refractivity contribution in [1.29, 1.82) is 0 Å². The first kappa shape index (κ1) is 15.5. The molecule has 0 aliphatic rings. The third kappa shape index (κ3) is 3.82. The minimum Gasteiger partial charge on any atom is -0.310 e. The van der Waals surface area contributed by atoms with Crippen molar-refractivity contribution < 1.29 is 13.2 Å². The van der Waals surface area contributed by atoms with Crippen LogP contribution in [0.2, 0.25) is 0 Å². The smallest absolute Gasteiger partial charge is 0.194 e. The number of pyridine rings is 1. The molecule has 0 amide bonds. The Kier molecular flexibility index (Phi) is 5.33. The molecule has 0 bridgehead atoms. The lowest BCUT2D eigenvalue weighted by molar-refractivity contribution is 0.419. The summed E-state index contributed by atoms with van der Waals surface area (Å²) >= 11 is 0. The Morgan fingerprint density at radius 3 is 2.43 bits per heavy atom. The third-order valence-corrected chi connectivity index (χ3v) is 3.36. The summed E-state index contributed by atoms with van der Waals surface area (Å²) in [5.74, 6) is -3.70. The third-order valence-electron chi connectivity index (χ3n) is 3.36. The Hall–Kier alpha value is -1.88. The minimum absolute atomic E-state index is 0.157. The zero-order chi connectivity index (χ0) is 15.2. The van der Waals surface area contributed by atoms with E-state index in [1.807, 2.05) is 19.1 Å². The van der Waals surface area contributed by atoms with E-state index in [1.165, 1.54) is 6.07 Å². The van der Waals surface area contributed by atoms with E-state index in [4.69, 9.17) is 0 Å². The second-order valence-corrected chi connectivity index (χ2v) is 4.77. The van der Waals surface area contributed by atoms with Crippen LogP contribution in [0.25, 0.3) is 0 Å². The van der Waals surface area contributed by atoms with E-state index in [9.17, 15) is 13.2 Å². The molecule has 5 heteroatoms. The summed E-state index contributed by atoms with van der Waals surface area (Å²) < 4.78 is 40.3. The molecular weight excluding hydrogens is 277 g/mol. The molecule has 0 saturated carbocycles. The quantitative estimate of drug-likeness (QED) is 0.820. The standard InChI is InChI=1S/C16H17F3N2/c1-2-21-14(6-3-11-7-9-20-10-8-11)12-4-5-13(17)16(19)15(12)18/h4-5,7-10,14,21H,2-3,6H2,1H3. The van der Waals surface area contributed by atoms with Crippen molar-refractivity contribution in [3.8, 4) is 0 Å². The zero-order valence-corrected chi connectivity index (χ0v) is 11.7. The van der Waals surface area contributed by atoms with Crippen LogP contribution in [0.15, 0.2) is 36.7 Å². The molecule has 2 aromatic rings. The Morgan fingerprint density at radius 1 is 1.05 bits per heavy atom. The Bertz CT molecular complexity index is 588. The molecule has 1 heterocycles. The highest BCUT2D eigenvalue weighted by Crippen LogP contribution is 2.25. The summed E-state index contributed by atoms with van der Waals surface area (Å²) in [5.41, 5.74) is 1.22. The van der Waals surface area contributed by atoms with Gasteiger partial charge in [0.05, 0.1) is 0 Å². The second-order valence-electron chi connectivity index (χ2n) is 4.77. The van der Waals surface area contributed by atoms with Crippen molar-refractivity contribution in [1.82, 2.24) is 10.3 Å². The van der Waals surface area contributed by atoms with Crippen LogP contribution in [0.4, 0.5) is 13.2 Å². The van der Waals surface area contributed by atoms with Gasteiger partial charge in [-0.3, -0.25) is 4.98 Å². The van der Waals surface area contributed by atoms with Gasteiger partial charge in [-0.05, 0) is 43.1 Å². The maximum Gasteiger partial charge on any atom is 0.194 e. The van der Waals surface area contributed by atoms with Gasteiger partial charge in [-0.25, -0.2) is 13.2 Å². The fourth-order valence-corrected chi connectivity index (χ4v) is 2.28. The van der Waals surface area contributed by atoms with Gasteiger partial charge in [-0.1, -0.05) is 13.0 Å². The molecule has 0 aliphatic carbocycles. The Labute approximate surface area is 122 Å². The van der Waals surface area contributed by atoms with E-state index in [0.717, 1.165) is 11.6 Å². The van der Waals surface area contributed by atoms with E-state index in [1.54, 1.807) is 12.4 Å². The summed E-state index contributed by atoms with van der Waals surface area (Å²) in [7, 11) is 0. The minimum atomic E-state index is -1.42. The molecule has 1 aromatic heterocycles. The number of halogens is 3. The fourth-order valence-electron chi connectivity index (χ4n) is 2.28. The lowest BCUT2D eigenvalue weighted by Gasteiger charge is -2.19. The number of benzene rings is 1. The Balaban J connectivity index is 2.17. The molecule has 1 unspecified atom stereocenters. The van der Waals surface area contributed by atoms with Crippen LogP contribution >= 0.6 is 0 Å². The summed E-state index contributed by atoms with van der Waals surface area (Å²) in [6, 6.07) is 5.66. The second kappa shape index (κ2) is 7.22. The number of hydrogen-bond donors (Lipinski definition) is 1. The number of nitrogens with zero attached hydrogens (tertiary/aromatic N) is 1. The lowest BCUT2D eigenvalue weighted by atomic mass is 9.98. The van der Waals surface area contributed by atoms with E-state index < -0.39 is 17.5 Å². The Morgan fingerprint density at radius 2 is 1.76 bits per heavy atom. The number of aromatic nitrogens is 1. The van der Waals surface area contributed by atoms with Gasteiger partial charge in [0.2, 0.25) is 0 Å². The average molecular weight is 294 g/mol. The van der Waals surface area contributed by atoms with Crippen LogP contribution in [0.3, 0.4) is 0 Å². The van der Waals surface area contributed by atoms with Gasteiger partial charge in [0.1, 0.15) is 0 Å². The van der Waals surface area contributed by atoms with Crippen molar-refractivity contribution in [3.63, 3.8) is 0 Å². The van der Waals surface area contributed by atoms with Gasteiger partial charge in [-0.15, -0.1) is 0 Å². The largest absolute Gasteiger partial charge is 0.310 e. The van der Waals surface area contributed by atoms with Crippen molar-refractivity contribution in [2.24, 2.45) is 0 Å². The van der Waals surface area contributed by atoms with Crippen molar-refractivity contribution in [2.75, 3.05) is 6.54 Å². The van der Waals surface area contributed by atoms with E-state index in [-0.39, 0.29) is 11.6 Å². The van der Waals surface area contributed by atoms with Gasteiger partial charge in [0, 0.05) is 24.0 Å². The number of nitrogens with one attached hydrogen (secondary N) is 1. The van der Waals surface area contributed by atoms with Crippen LogP contribution < -0.4 is 5.32 Å². The predicted octanol–water partition coefficient (Wildman–Crippen LogP) is 3.78. The molecule has 2 rings (SSSR count). The lowest BCUT2D eigenvalue weighted by Crippen LogP contribution is -2.23. The van der Waals surface area contributed by atoms with Crippen molar-refractivity contribution in [2.45, 2.75) is 25.8 Å². The molecule has 0 fully saturated rings. The maximum atomic E-state index is 13.9. The van der Waals surface area contributed by atoms with Gasteiger partial charge in [-0.2, -0.15) is 0 Å². The number of hydrogen-bond acceptors (Lipinski definition) is 2. The molecule has 0 spiro atoms. The molecule has 1 atom stereocenters. The van der Waals surface area contributed by atoms with Crippen LogP contribution in [0, 0.1) is 17.5 Å². The first-order valence-electron chi connectivity index (χ1n) is 6.89. The summed E-state index contributed by atoms with van der Waals surface area (Å²) in [4.78, 5) is 3.94. The number of aryl methyl sites for hydroxylation is 1. The highest BCUT2D eigenvalue weighted by Gasteiger charge is 2.20. The van der Waals surface area contributed by atoms with Crippen molar-refractivity contribution >= 4 is 0 Å². The summed E-state index contributed by atoms with van der Waals surface area (Å²) in [5, 5.41) is 3.11. The average Bonchev–Trinajstić information content (AvgIpc) is 2.51. The first-order chi connectivity index (χ1) is 10.1. The van der Waals surface area contributed by atoms with Crippen LogP contribution in [0.5, 0.6) is 0 Å². The number of rotatable bonds is 6. The predicted molar refractivity (Wildman–Crippen MR) is 75.3 cm³/mol. The highest BCUT2D eigenvalue weighted by atomic mass is 19.2. The van der Waals surface area contributed by atoms with Crippen LogP contribution in [0.1, 0.15) is 30.5 Å². The monoisotopic (exact) mass is 294 g/mol. The summed E-state index contributed by atoms with van der Waals surface area (Å²) in [6.45, 7) is 2.50. The fraction of sp³-hybridized carbons (Fsp3) is 0.312. The zero-order valence-electron chi connectivity index (χ0n) is 11.7. The maximum absolute atomic E-state index is 13.9. The molecule has 0 saturated heterocycles. The SMILES string of the molecule is CCNC(CCc1ccncc1)c1ccc(F)c(F)c1F. The van der Waals surface area contributed by atoms with Gasteiger partial charge in [0.15, 0.2) is 17.5 Å². The molecule has 21 heavy (non-hydrogen) atoms.